The third-order valence-electron chi connectivity index (χ3n) is 4.32. The van der Waals surface area contributed by atoms with Crippen molar-refractivity contribution in [3.63, 3.8) is 0 Å². The Balaban J connectivity index is 2.00. The van der Waals surface area contributed by atoms with Gasteiger partial charge in [0.2, 0.25) is 5.65 Å². The van der Waals surface area contributed by atoms with Crippen LogP contribution in [0, 0.1) is 6.92 Å². The highest BCUT2D eigenvalue weighted by molar-refractivity contribution is 5.93. The SMILES string of the molecule is CCNC(=O)Nc1cc(N(C)C(C)c2ccccc2)nn2c(C)nnc12. The van der Waals surface area contributed by atoms with Crippen molar-refractivity contribution in [3.8, 4) is 0 Å². The van der Waals surface area contributed by atoms with Gasteiger partial charge in [-0.1, -0.05) is 30.3 Å². The van der Waals surface area contributed by atoms with Gasteiger partial charge in [-0.25, -0.2) is 4.79 Å². The summed E-state index contributed by atoms with van der Waals surface area (Å²) in [6, 6.07) is 11.8. The highest BCUT2D eigenvalue weighted by Gasteiger charge is 2.18. The lowest BCUT2D eigenvalue weighted by molar-refractivity contribution is 0.252. The number of aromatic nitrogens is 4. The lowest BCUT2D eigenvalue weighted by atomic mass is 10.1. The molecule has 0 saturated carbocycles. The number of anilines is 2. The fourth-order valence-corrected chi connectivity index (χ4v) is 2.72. The summed E-state index contributed by atoms with van der Waals surface area (Å²) in [6.45, 7) is 6.34. The van der Waals surface area contributed by atoms with Crippen LogP contribution in [0.2, 0.25) is 0 Å². The molecule has 1 unspecified atom stereocenters. The topological polar surface area (TPSA) is 87.5 Å². The Hall–Kier alpha value is -3.16. The van der Waals surface area contributed by atoms with E-state index in [1.165, 1.54) is 5.56 Å². The first-order chi connectivity index (χ1) is 12.5. The maximum absolute atomic E-state index is 12.0. The van der Waals surface area contributed by atoms with Crippen LogP contribution in [0.4, 0.5) is 16.3 Å². The average molecular weight is 353 g/mol. The van der Waals surface area contributed by atoms with Crippen LogP contribution in [-0.2, 0) is 0 Å². The second-order valence-corrected chi connectivity index (χ2v) is 6.08. The molecule has 0 fully saturated rings. The zero-order valence-electron chi connectivity index (χ0n) is 15.4. The zero-order chi connectivity index (χ0) is 18.7. The molecule has 0 aliphatic rings. The van der Waals surface area contributed by atoms with Gasteiger partial charge < -0.3 is 15.5 Å². The lowest BCUT2D eigenvalue weighted by Gasteiger charge is -2.26. The molecule has 2 N–H and O–H groups in total. The van der Waals surface area contributed by atoms with Crippen molar-refractivity contribution >= 4 is 23.2 Å². The summed E-state index contributed by atoms with van der Waals surface area (Å²) in [6.07, 6.45) is 0. The molecule has 0 aliphatic heterocycles. The molecule has 2 heterocycles. The highest BCUT2D eigenvalue weighted by atomic mass is 16.2. The minimum absolute atomic E-state index is 0.107. The van der Waals surface area contributed by atoms with E-state index in [0.29, 0.717) is 29.5 Å². The van der Waals surface area contributed by atoms with Crippen LogP contribution in [-0.4, -0.2) is 39.4 Å². The van der Waals surface area contributed by atoms with Crippen molar-refractivity contribution in [1.82, 2.24) is 25.1 Å². The largest absolute Gasteiger partial charge is 0.351 e. The highest BCUT2D eigenvalue weighted by Crippen LogP contribution is 2.27. The number of carbonyl (C=O) groups excluding carboxylic acids is 1. The van der Waals surface area contributed by atoms with Gasteiger partial charge in [0, 0.05) is 19.7 Å². The van der Waals surface area contributed by atoms with E-state index < -0.39 is 0 Å². The molecule has 0 aliphatic carbocycles. The van der Waals surface area contributed by atoms with Crippen LogP contribution in [0.1, 0.15) is 31.3 Å². The molecule has 0 radical (unpaired) electrons. The van der Waals surface area contributed by atoms with Gasteiger partial charge in [0.25, 0.3) is 0 Å². The lowest BCUT2D eigenvalue weighted by Crippen LogP contribution is -2.29. The summed E-state index contributed by atoms with van der Waals surface area (Å²) in [5, 5.41) is 18.4. The molecule has 0 bridgehead atoms. The molecule has 136 valence electrons. The predicted octanol–water partition coefficient (Wildman–Crippen LogP) is 2.77. The smallest absolute Gasteiger partial charge is 0.319 e. The number of aryl methyl sites for hydroxylation is 1. The molecule has 1 atom stereocenters. The fourth-order valence-electron chi connectivity index (χ4n) is 2.72. The van der Waals surface area contributed by atoms with Crippen molar-refractivity contribution in [3.05, 3.63) is 47.8 Å². The molecule has 1 aromatic carbocycles. The number of nitrogens with zero attached hydrogens (tertiary/aromatic N) is 5. The van der Waals surface area contributed by atoms with Gasteiger partial charge >= 0.3 is 6.03 Å². The van der Waals surface area contributed by atoms with Gasteiger partial charge in [-0.15, -0.1) is 15.3 Å². The third-order valence-corrected chi connectivity index (χ3v) is 4.32. The summed E-state index contributed by atoms with van der Waals surface area (Å²) in [5.74, 6) is 1.37. The molecule has 3 aromatic rings. The minimum Gasteiger partial charge on any atom is -0.351 e. The number of rotatable bonds is 5. The molecule has 8 nitrogen and oxygen atoms in total. The van der Waals surface area contributed by atoms with Gasteiger partial charge in [-0.2, -0.15) is 4.52 Å². The molecule has 3 rings (SSSR count). The molecule has 0 spiro atoms. The average Bonchev–Trinajstić information content (AvgIpc) is 3.03. The van der Waals surface area contributed by atoms with E-state index in [2.05, 4.69) is 49.9 Å². The number of fused-ring (bicyclic) bond motifs is 1. The summed E-state index contributed by atoms with van der Waals surface area (Å²) < 4.78 is 1.64. The number of hydrogen-bond acceptors (Lipinski definition) is 5. The van der Waals surface area contributed by atoms with E-state index in [0.717, 1.165) is 0 Å². The normalized spacial score (nSPS) is 12.0. The fraction of sp³-hybridized carbons (Fsp3) is 0.333. The second kappa shape index (κ2) is 7.38. The van der Waals surface area contributed by atoms with Crippen molar-refractivity contribution in [2.45, 2.75) is 26.8 Å². The van der Waals surface area contributed by atoms with Crippen LogP contribution in [0.15, 0.2) is 36.4 Å². The maximum Gasteiger partial charge on any atom is 0.319 e. The van der Waals surface area contributed by atoms with Crippen molar-refractivity contribution < 1.29 is 4.79 Å². The molecular weight excluding hydrogens is 330 g/mol. The molecule has 0 saturated heterocycles. The van der Waals surface area contributed by atoms with Gasteiger partial charge in [0.15, 0.2) is 11.6 Å². The number of hydrogen-bond donors (Lipinski definition) is 2. The number of carbonyl (C=O) groups is 1. The zero-order valence-corrected chi connectivity index (χ0v) is 15.4. The van der Waals surface area contributed by atoms with Crippen LogP contribution in [0.5, 0.6) is 0 Å². The third kappa shape index (κ3) is 3.44. The molecule has 8 heteroatoms. The monoisotopic (exact) mass is 353 g/mol. The number of urea groups is 1. The Labute approximate surface area is 152 Å². The van der Waals surface area contributed by atoms with Gasteiger partial charge in [-0.3, -0.25) is 0 Å². The van der Waals surface area contributed by atoms with Gasteiger partial charge in [0.1, 0.15) is 0 Å². The van der Waals surface area contributed by atoms with Crippen LogP contribution in [0.25, 0.3) is 5.65 Å². The van der Waals surface area contributed by atoms with E-state index in [4.69, 9.17) is 0 Å². The Morgan fingerprint density at radius 2 is 2.00 bits per heavy atom. The summed E-state index contributed by atoms with van der Waals surface area (Å²) in [4.78, 5) is 14.0. The standard InChI is InChI=1S/C18H23N7O/c1-5-19-18(26)20-15-11-16(23-25-13(3)21-22-17(15)25)24(4)12(2)14-9-7-6-8-10-14/h6-12H,5H2,1-4H3,(H2,19,20,26). The first kappa shape index (κ1) is 17.7. The number of amides is 2. The van der Waals surface area contributed by atoms with E-state index in [1.54, 1.807) is 4.52 Å². The Kier molecular flexibility index (Phi) is 5.01. The second-order valence-electron chi connectivity index (χ2n) is 6.08. The predicted molar refractivity (Wildman–Crippen MR) is 101 cm³/mol. The first-order valence-corrected chi connectivity index (χ1v) is 8.57. The van der Waals surface area contributed by atoms with Crippen LogP contribution in [0.3, 0.4) is 0 Å². The van der Waals surface area contributed by atoms with Crippen molar-refractivity contribution in [1.29, 1.82) is 0 Å². The van der Waals surface area contributed by atoms with E-state index in [-0.39, 0.29) is 12.1 Å². The van der Waals surface area contributed by atoms with E-state index in [1.807, 2.05) is 45.2 Å². The van der Waals surface area contributed by atoms with Crippen LogP contribution < -0.4 is 15.5 Å². The summed E-state index contributed by atoms with van der Waals surface area (Å²) in [7, 11) is 1.97. The molecule has 2 aromatic heterocycles. The Morgan fingerprint density at radius 3 is 2.69 bits per heavy atom. The maximum atomic E-state index is 12.0. The Morgan fingerprint density at radius 1 is 1.27 bits per heavy atom. The quantitative estimate of drug-likeness (QED) is 0.736. The number of benzene rings is 1. The van der Waals surface area contributed by atoms with Crippen LogP contribution >= 0.6 is 0 Å². The van der Waals surface area contributed by atoms with Crippen molar-refractivity contribution in [2.24, 2.45) is 0 Å². The molecular formula is C18H23N7O. The summed E-state index contributed by atoms with van der Waals surface area (Å²) >= 11 is 0. The van der Waals surface area contributed by atoms with Crippen molar-refractivity contribution in [2.75, 3.05) is 23.8 Å². The number of nitrogens with one attached hydrogen (secondary N) is 2. The van der Waals surface area contributed by atoms with Gasteiger partial charge in [0.05, 0.1) is 11.7 Å². The Bertz CT molecular complexity index is 907. The first-order valence-electron chi connectivity index (χ1n) is 8.57. The van der Waals surface area contributed by atoms with E-state index in [9.17, 15) is 4.79 Å². The molecule has 2 amide bonds. The van der Waals surface area contributed by atoms with Gasteiger partial charge in [-0.05, 0) is 26.3 Å². The van der Waals surface area contributed by atoms with E-state index >= 15 is 0 Å². The molecule has 26 heavy (non-hydrogen) atoms. The summed E-state index contributed by atoms with van der Waals surface area (Å²) in [5.41, 5.74) is 2.25. The minimum atomic E-state index is -0.286.